The van der Waals surface area contributed by atoms with E-state index in [1.54, 1.807) is 0 Å². The van der Waals surface area contributed by atoms with Gasteiger partial charge in [-0.1, -0.05) is 25.7 Å². The molecule has 1 saturated heterocycles. The molecular formula is C14H24N2O. The fourth-order valence-electron chi connectivity index (χ4n) is 2.70. The van der Waals surface area contributed by atoms with Crippen molar-refractivity contribution < 1.29 is 4.79 Å². The lowest BCUT2D eigenvalue weighted by atomic mass is 10.0. The van der Waals surface area contributed by atoms with Gasteiger partial charge in [-0.15, -0.1) is 0 Å². The first-order valence-corrected chi connectivity index (χ1v) is 6.95. The molecule has 1 aliphatic carbocycles. The van der Waals surface area contributed by atoms with Gasteiger partial charge >= 0.3 is 0 Å². The van der Waals surface area contributed by atoms with Crippen molar-refractivity contribution in [2.75, 3.05) is 19.6 Å². The van der Waals surface area contributed by atoms with Crippen LogP contribution >= 0.6 is 0 Å². The fraction of sp³-hybridized carbons (Fsp3) is 0.786. The average molecular weight is 236 g/mol. The van der Waals surface area contributed by atoms with Crippen LogP contribution in [0.25, 0.3) is 0 Å². The molecule has 1 amide bonds. The van der Waals surface area contributed by atoms with E-state index in [0.29, 0.717) is 0 Å². The minimum absolute atomic E-state index is 0.132. The number of hydrogen-bond acceptors (Lipinski definition) is 2. The summed E-state index contributed by atoms with van der Waals surface area (Å²) in [6.45, 7) is 4.55. The quantitative estimate of drug-likeness (QED) is 0.566. The number of rotatable bonds is 5. The van der Waals surface area contributed by atoms with Crippen molar-refractivity contribution in [1.82, 2.24) is 10.6 Å². The SMILES string of the molecule is CC(C(=O)NCCCC1CCCC1)=C1CNC1. The van der Waals surface area contributed by atoms with Gasteiger partial charge in [0.1, 0.15) is 0 Å². The summed E-state index contributed by atoms with van der Waals surface area (Å²) in [6, 6.07) is 0. The predicted octanol–water partition coefficient (Wildman–Crippen LogP) is 1.99. The van der Waals surface area contributed by atoms with Crippen LogP contribution in [0.2, 0.25) is 0 Å². The van der Waals surface area contributed by atoms with Crippen LogP contribution in [0, 0.1) is 5.92 Å². The van der Waals surface area contributed by atoms with E-state index in [1.165, 1.54) is 37.7 Å². The van der Waals surface area contributed by atoms with Crippen LogP contribution in [0.1, 0.15) is 45.4 Å². The van der Waals surface area contributed by atoms with E-state index in [-0.39, 0.29) is 5.91 Å². The maximum atomic E-state index is 11.8. The van der Waals surface area contributed by atoms with Gasteiger partial charge in [0, 0.05) is 25.2 Å². The molecule has 96 valence electrons. The second-order valence-corrected chi connectivity index (χ2v) is 5.38. The minimum Gasteiger partial charge on any atom is -0.352 e. The Labute approximate surface area is 104 Å². The molecule has 0 atom stereocenters. The molecule has 2 aliphatic rings. The zero-order chi connectivity index (χ0) is 12.1. The fourth-order valence-corrected chi connectivity index (χ4v) is 2.70. The molecule has 0 radical (unpaired) electrons. The molecule has 2 rings (SSSR count). The van der Waals surface area contributed by atoms with Gasteiger partial charge in [0.2, 0.25) is 5.91 Å². The molecule has 2 N–H and O–H groups in total. The zero-order valence-corrected chi connectivity index (χ0v) is 10.8. The Bertz CT molecular complexity index is 297. The number of carbonyl (C=O) groups excluding carboxylic acids is 1. The van der Waals surface area contributed by atoms with Crippen LogP contribution in [-0.4, -0.2) is 25.5 Å². The molecule has 0 spiro atoms. The lowest BCUT2D eigenvalue weighted by Gasteiger charge is -2.21. The molecule has 0 aromatic rings. The second kappa shape index (κ2) is 6.20. The van der Waals surface area contributed by atoms with Crippen LogP contribution in [0.5, 0.6) is 0 Å². The highest BCUT2D eigenvalue weighted by Gasteiger charge is 2.16. The summed E-state index contributed by atoms with van der Waals surface area (Å²) in [5.74, 6) is 1.06. The third-order valence-electron chi connectivity index (χ3n) is 4.10. The first-order valence-electron chi connectivity index (χ1n) is 6.95. The van der Waals surface area contributed by atoms with Gasteiger partial charge in [0.05, 0.1) is 0 Å². The van der Waals surface area contributed by atoms with Crippen molar-refractivity contribution >= 4 is 5.91 Å². The van der Waals surface area contributed by atoms with Crippen molar-refractivity contribution in [3.8, 4) is 0 Å². The third-order valence-corrected chi connectivity index (χ3v) is 4.10. The lowest BCUT2D eigenvalue weighted by Crippen LogP contribution is -2.37. The Kier molecular flexibility index (Phi) is 4.60. The molecule has 0 unspecified atom stereocenters. The Balaban J connectivity index is 1.59. The van der Waals surface area contributed by atoms with Gasteiger partial charge in [0.15, 0.2) is 0 Å². The largest absolute Gasteiger partial charge is 0.352 e. The molecule has 3 heteroatoms. The van der Waals surface area contributed by atoms with E-state index in [1.807, 2.05) is 6.92 Å². The maximum Gasteiger partial charge on any atom is 0.246 e. The Morgan fingerprint density at radius 1 is 1.35 bits per heavy atom. The standard InChI is InChI=1S/C14H24N2O/c1-11(13-9-15-10-13)14(17)16-8-4-7-12-5-2-3-6-12/h12,15H,2-10H2,1H3,(H,16,17). The average Bonchev–Trinajstić information content (AvgIpc) is 2.74. The summed E-state index contributed by atoms with van der Waals surface area (Å²) < 4.78 is 0. The minimum atomic E-state index is 0.132. The summed E-state index contributed by atoms with van der Waals surface area (Å²) in [6.07, 6.45) is 8.06. The highest BCUT2D eigenvalue weighted by Crippen LogP contribution is 2.28. The zero-order valence-electron chi connectivity index (χ0n) is 10.8. The number of carbonyl (C=O) groups is 1. The molecular weight excluding hydrogens is 212 g/mol. The lowest BCUT2D eigenvalue weighted by molar-refractivity contribution is -0.117. The summed E-state index contributed by atoms with van der Waals surface area (Å²) in [5.41, 5.74) is 2.18. The number of amides is 1. The van der Waals surface area contributed by atoms with Crippen molar-refractivity contribution in [3.63, 3.8) is 0 Å². The smallest absolute Gasteiger partial charge is 0.246 e. The Hall–Kier alpha value is -0.830. The van der Waals surface area contributed by atoms with E-state index >= 15 is 0 Å². The van der Waals surface area contributed by atoms with Gasteiger partial charge in [-0.2, -0.15) is 0 Å². The van der Waals surface area contributed by atoms with E-state index in [4.69, 9.17) is 0 Å². The van der Waals surface area contributed by atoms with Crippen molar-refractivity contribution in [2.45, 2.75) is 45.4 Å². The van der Waals surface area contributed by atoms with Crippen LogP contribution in [0.15, 0.2) is 11.1 Å². The molecule has 0 aromatic carbocycles. The first kappa shape index (κ1) is 12.6. The van der Waals surface area contributed by atoms with Crippen LogP contribution in [-0.2, 0) is 4.79 Å². The second-order valence-electron chi connectivity index (χ2n) is 5.38. The third kappa shape index (κ3) is 3.56. The Morgan fingerprint density at radius 2 is 2.06 bits per heavy atom. The maximum absolute atomic E-state index is 11.8. The van der Waals surface area contributed by atoms with E-state index in [2.05, 4.69) is 10.6 Å². The number of nitrogens with one attached hydrogen (secondary N) is 2. The number of hydrogen-bond donors (Lipinski definition) is 2. The van der Waals surface area contributed by atoms with E-state index in [0.717, 1.165) is 37.5 Å². The summed E-state index contributed by atoms with van der Waals surface area (Å²) in [7, 11) is 0. The van der Waals surface area contributed by atoms with Crippen molar-refractivity contribution in [2.24, 2.45) is 5.92 Å². The highest BCUT2D eigenvalue weighted by atomic mass is 16.1. The van der Waals surface area contributed by atoms with E-state index in [9.17, 15) is 4.79 Å². The van der Waals surface area contributed by atoms with Crippen LogP contribution in [0.4, 0.5) is 0 Å². The molecule has 1 heterocycles. The molecule has 17 heavy (non-hydrogen) atoms. The molecule has 1 aliphatic heterocycles. The molecule has 0 aromatic heterocycles. The highest BCUT2D eigenvalue weighted by molar-refractivity contribution is 5.93. The molecule has 2 fully saturated rings. The monoisotopic (exact) mass is 236 g/mol. The normalized spacial score (nSPS) is 20.2. The van der Waals surface area contributed by atoms with Gasteiger partial charge in [-0.3, -0.25) is 4.79 Å². The summed E-state index contributed by atoms with van der Waals surface area (Å²) >= 11 is 0. The predicted molar refractivity (Wildman–Crippen MR) is 69.8 cm³/mol. The van der Waals surface area contributed by atoms with Gasteiger partial charge in [-0.05, 0) is 31.3 Å². The van der Waals surface area contributed by atoms with Gasteiger partial charge < -0.3 is 10.6 Å². The van der Waals surface area contributed by atoms with Gasteiger partial charge in [-0.25, -0.2) is 0 Å². The van der Waals surface area contributed by atoms with Crippen LogP contribution < -0.4 is 10.6 Å². The molecule has 3 nitrogen and oxygen atoms in total. The first-order chi connectivity index (χ1) is 8.27. The van der Waals surface area contributed by atoms with E-state index < -0.39 is 0 Å². The topological polar surface area (TPSA) is 41.1 Å². The van der Waals surface area contributed by atoms with Gasteiger partial charge in [0.25, 0.3) is 0 Å². The molecule has 1 saturated carbocycles. The van der Waals surface area contributed by atoms with Crippen molar-refractivity contribution in [1.29, 1.82) is 0 Å². The Morgan fingerprint density at radius 3 is 2.65 bits per heavy atom. The van der Waals surface area contributed by atoms with Crippen LogP contribution in [0.3, 0.4) is 0 Å². The summed E-state index contributed by atoms with van der Waals surface area (Å²) in [5, 5.41) is 6.19. The van der Waals surface area contributed by atoms with Crippen molar-refractivity contribution in [3.05, 3.63) is 11.1 Å². The molecule has 0 bridgehead atoms. The summed E-state index contributed by atoms with van der Waals surface area (Å²) in [4.78, 5) is 11.8.